The number of nitrogens with one attached hydrogen (secondary N) is 1. The van der Waals surface area contributed by atoms with Gasteiger partial charge in [-0.15, -0.1) is 0 Å². The van der Waals surface area contributed by atoms with Crippen molar-refractivity contribution in [1.29, 1.82) is 0 Å². The Bertz CT molecular complexity index is 169. The van der Waals surface area contributed by atoms with Crippen molar-refractivity contribution in [1.82, 2.24) is 5.32 Å². The van der Waals surface area contributed by atoms with E-state index in [0.29, 0.717) is 18.1 Å². The monoisotopic (exact) mass is 237 g/mol. The molecule has 0 spiro atoms. The van der Waals surface area contributed by atoms with Crippen molar-refractivity contribution in [3.8, 4) is 0 Å². The molecule has 0 radical (unpaired) electrons. The molecule has 1 atom stereocenters. The summed E-state index contributed by atoms with van der Waals surface area (Å²) in [4.78, 5) is 0. The van der Waals surface area contributed by atoms with E-state index in [4.69, 9.17) is 4.74 Å². The first-order chi connectivity index (χ1) is 7.35. The minimum absolute atomic E-state index is 0.318. The zero-order valence-electron chi connectivity index (χ0n) is 10.9. The maximum Gasteiger partial charge on any atom is 0.261 e. The molecule has 0 aliphatic rings. The first-order valence-electron chi connectivity index (χ1n) is 5.88. The van der Waals surface area contributed by atoms with Crippen LogP contribution in [0.2, 0.25) is 0 Å². The summed E-state index contributed by atoms with van der Waals surface area (Å²) >= 11 is 0. The van der Waals surface area contributed by atoms with Gasteiger partial charge >= 0.3 is 0 Å². The van der Waals surface area contributed by atoms with Crippen LogP contribution in [0.25, 0.3) is 0 Å². The molecular weight excluding hydrogens is 212 g/mol. The van der Waals surface area contributed by atoms with E-state index in [-0.39, 0.29) is 0 Å². The minimum Gasteiger partial charge on any atom is -0.375 e. The minimum atomic E-state index is -2.36. The Morgan fingerprint density at radius 2 is 1.81 bits per heavy atom. The van der Waals surface area contributed by atoms with E-state index in [2.05, 4.69) is 26.1 Å². The summed E-state index contributed by atoms with van der Waals surface area (Å²) in [5, 5.41) is 3.20. The van der Waals surface area contributed by atoms with Crippen molar-refractivity contribution in [2.75, 3.05) is 20.3 Å². The first kappa shape index (κ1) is 15.8. The van der Waals surface area contributed by atoms with Crippen LogP contribution >= 0.6 is 0 Å². The molecule has 0 saturated carbocycles. The van der Waals surface area contributed by atoms with Gasteiger partial charge in [-0.1, -0.05) is 20.8 Å². The quantitative estimate of drug-likeness (QED) is 0.655. The number of rotatable bonds is 8. The summed E-state index contributed by atoms with van der Waals surface area (Å²) < 4.78 is 28.5. The Labute approximate surface area is 97.7 Å². The second-order valence-electron chi connectivity index (χ2n) is 5.34. The molecule has 0 aromatic carbocycles. The van der Waals surface area contributed by atoms with Gasteiger partial charge in [-0.05, 0) is 31.7 Å². The Balaban J connectivity index is 3.59. The lowest BCUT2D eigenvalue weighted by atomic mass is 9.88. The summed E-state index contributed by atoms with van der Waals surface area (Å²) in [5.74, 6) is 0. The van der Waals surface area contributed by atoms with Crippen LogP contribution in [0.3, 0.4) is 0 Å². The van der Waals surface area contributed by atoms with E-state index < -0.39 is 13.0 Å². The van der Waals surface area contributed by atoms with E-state index in [1.165, 1.54) is 0 Å². The Kier molecular flexibility index (Phi) is 7.85. The molecule has 16 heavy (non-hydrogen) atoms. The fourth-order valence-electron chi connectivity index (χ4n) is 1.44. The third-order valence-electron chi connectivity index (χ3n) is 2.51. The molecule has 0 fully saturated rings. The SMILES string of the molecule is CNC(CCOCC(F)F)CCC(C)(C)C. The van der Waals surface area contributed by atoms with Gasteiger partial charge in [-0.25, -0.2) is 8.78 Å². The van der Waals surface area contributed by atoms with Gasteiger partial charge in [0.25, 0.3) is 6.43 Å². The fraction of sp³-hybridized carbons (Fsp3) is 1.00. The maximum atomic E-state index is 11.8. The second-order valence-corrected chi connectivity index (χ2v) is 5.34. The lowest BCUT2D eigenvalue weighted by Gasteiger charge is -2.22. The second kappa shape index (κ2) is 7.96. The van der Waals surface area contributed by atoms with E-state index in [1.807, 2.05) is 7.05 Å². The molecular formula is C12H25F2NO. The molecule has 0 amide bonds. The molecule has 0 rings (SSSR count). The number of hydrogen-bond acceptors (Lipinski definition) is 2. The standard InChI is InChI=1S/C12H25F2NO/c1-12(2,3)7-5-10(15-4)6-8-16-9-11(13)14/h10-11,15H,5-9H2,1-4H3. The van der Waals surface area contributed by atoms with Crippen LogP contribution in [-0.4, -0.2) is 32.7 Å². The van der Waals surface area contributed by atoms with Crippen LogP contribution in [0.15, 0.2) is 0 Å². The number of alkyl halides is 2. The Morgan fingerprint density at radius 1 is 1.19 bits per heavy atom. The summed E-state index contributed by atoms with van der Waals surface area (Å²) in [6, 6.07) is 0.358. The summed E-state index contributed by atoms with van der Waals surface area (Å²) in [6.07, 6.45) is 0.604. The molecule has 1 N–H and O–H groups in total. The largest absolute Gasteiger partial charge is 0.375 e. The lowest BCUT2D eigenvalue weighted by molar-refractivity contribution is 0.0141. The van der Waals surface area contributed by atoms with Crippen LogP contribution in [0, 0.1) is 5.41 Å². The van der Waals surface area contributed by atoms with Crippen molar-refractivity contribution in [3.63, 3.8) is 0 Å². The maximum absolute atomic E-state index is 11.8. The zero-order valence-corrected chi connectivity index (χ0v) is 10.9. The van der Waals surface area contributed by atoms with Gasteiger partial charge in [0.15, 0.2) is 0 Å². The highest BCUT2D eigenvalue weighted by molar-refractivity contribution is 4.70. The average molecular weight is 237 g/mol. The summed E-state index contributed by atoms with van der Waals surface area (Å²) in [6.45, 7) is 6.56. The highest BCUT2D eigenvalue weighted by Gasteiger charge is 2.14. The predicted octanol–water partition coefficient (Wildman–Crippen LogP) is 3.07. The van der Waals surface area contributed by atoms with Crippen LogP contribution < -0.4 is 5.32 Å². The third-order valence-corrected chi connectivity index (χ3v) is 2.51. The van der Waals surface area contributed by atoms with Gasteiger partial charge in [0, 0.05) is 12.6 Å². The molecule has 2 nitrogen and oxygen atoms in total. The molecule has 98 valence electrons. The van der Waals surface area contributed by atoms with Crippen molar-refractivity contribution < 1.29 is 13.5 Å². The number of hydrogen-bond donors (Lipinski definition) is 1. The predicted molar refractivity (Wildman–Crippen MR) is 63.0 cm³/mol. The molecule has 0 saturated heterocycles. The highest BCUT2D eigenvalue weighted by atomic mass is 19.3. The molecule has 0 aliphatic carbocycles. The van der Waals surface area contributed by atoms with E-state index >= 15 is 0 Å². The van der Waals surface area contributed by atoms with Gasteiger partial charge in [0.2, 0.25) is 0 Å². The molecule has 4 heteroatoms. The molecule has 1 unspecified atom stereocenters. The molecule has 0 aliphatic heterocycles. The highest BCUT2D eigenvalue weighted by Crippen LogP contribution is 2.22. The van der Waals surface area contributed by atoms with Gasteiger partial charge in [-0.3, -0.25) is 0 Å². The van der Waals surface area contributed by atoms with E-state index in [0.717, 1.165) is 19.3 Å². The topological polar surface area (TPSA) is 21.3 Å². The van der Waals surface area contributed by atoms with Gasteiger partial charge in [0.1, 0.15) is 6.61 Å². The van der Waals surface area contributed by atoms with Crippen molar-refractivity contribution in [2.45, 2.75) is 52.5 Å². The van der Waals surface area contributed by atoms with Crippen molar-refractivity contribution >= 4 is 0 Å². The Hall–Kier alpha value is -0.220. The van der Waals surface area contributed by atoms with E-state index in [1.54, 1.807) is 0 Å². The van der Waals surface area contributed by atoms with Crippen molar-refractivity contribution in [3.05, 3.63) is 0 Å². The average Bonchev–Trinajstić information content (AvgIpc) is 2.15. The van der Waals surface area contributed by atoms with Crippen molar-refractivity contribution in [2.24, 2.45) is 5.41 Å². The first-order valence-corrected chi connectivity index (χ1v) is 5.88. The van der Waals surface area contributed by atoms with Crippen LogP contribution in [0.1, 0.15) is 40.0 Å². The zero-order chi connectivity index (χ0) is 12.6. The third kappa shape index (κ3) is 10.3. The van der Waals surface area contributed by atoms with Crippen LogP contribution in [0.4, 0.5) is 8.78 Å². The number of ether oxygens (including phenoxy) is 1. The van der Waals surface area contributed by atoms with Gasteiger partial charge < -0.3 is 10.1 Å². The smallest absolute Gasteiger partial charge is 0.261 e. The molecule has 0 aromatic heterocycles. The summed E-state index contributed by atoms with van der Waals surface area (Å²) in [5.41, 5.74) is 0.318. The molecule has 0 heterocycles. The Morgan fingerprint density at radius 3 is 2.25 bits per heavy atom. The summed E-state index contributed by atoms with van der Waals surface area (Å²) in [7, 11) is 1.90. The normalized spacial score (nSPS) is 14.4. The lowest BCUT2D eigenvalue weighted by Crippen LogP contribution is -2.28. The van der Waals surface area contributed by atoms with Crippen LogP contribution in [0.5, 0.6) is 0 Å². The van der Waals surface area contributed by atoms with Gasteiger partial charge in [0.05, 0.1) is 0 Å². The fourth-order valence-corrected chi connectivity index (χ4v) is 1.44. The molecule has 0 aromatic rings. The molecule has 0 bridgehead atoms. The van der Waals surface area contributed by atoms with E-state index in [9.17, 15) is 8.78 Å². The van der Waals surface area contributed by atoms with Gasteiger partial charge in [-0.2, -0.15) is 0 Å². The van der Waals surface area contributed by atoms with Crippen LogP contribution in [-0.2, 0) is 4.74 Å². The number of halogens is 2.